The van der Waals surface area contributed by atoms with Gasteiger partial charge in [-0.05, 0) is 37.1 Å². The Balaban J connectivity index is 2.02. The van der Waals surface area contributed by atoms with Crippen molar-refractivity contribution in [3.05, 3.63) is 76.3 Å². The van der Waals surface area contributed by atoms with Crippen LogP contribution in [0.5, 0.6) is 5.75 Å². The molecule has 0 saturated carbocycles. The van der Waals surface area contributed by atoms with Crippen molar-refractivity contribution in [3.8, 4) is 17.1 Å². The topological polar surface area (TPSA) is 66.2 Å². The second-order valence-corrected chi connectivity index (χ2v) is 7.74. The molecule has 0 N–H and O–H groups in total. The van der Waals surface area contributed by atoms with Crippen LogP contribution in [0.25, 0.3) is 22.4 Å². The van der Waals surface area contributed by atoms with Gasteiger partial charge in [0.15, 0.2) is 23.1 Å². The van der Waals surface area contributed by atoms with Crippen molar-refractivity contribution >= 4 is 28.6 Å². The van der Waals surface area contributed by atoms with Gasteiger partial charge in [0.1, 0.15) is 5.65 Å². The molecule has 2 aromatic heterocycles. The Morgan fingerprint density at radius 2 is 1.84 bits per heavy atom. The third-order valence-corrected chi connectivity index (χ3v) is 5.73. The SMILES string of the molecule is COC(=O)c1nc(-c2ccc(Cl)c(OC)c2F)nc2c1c(C)cn2C(C)c1ccccc1. The number of aromatic nitrogens is 3. The van der Waals surface area contributed by atoms with Crippen molar-refractivity contribution in [2.24, 2.45) is 0 Å². The van der Waals surface area contributed by atoms with Gasteiger partial charge in [0.2, 0.25) is 0 Å². The number of carbonyl (C=O) groups is 1. The van der Waals surface area contributed by atoms with E-state index in [1.165, 1.54) is 26.4 Å². The van der Waals surface area contributed by atoms with Crippen LogP contribution in [-0.2, 0) is 4.74 Å². The number of ether oxygens (including phenoxy) is 2. The Hall–Kier alpha value is -3.45. The molecule has 0 aliphatic rings. The van der Waals surface area contributed by atoms with Gasteiger partial charge in [0.25, 0.3) is 0 Å². The van der Waals surface area contributed by atoms with Gasteiger partial charge in [0.05, 0.1) is 36.2 Å². The van der Waals surface area contributed by atoms with Gasteiger partial charge in [-0.2, -0.15) is 0 Å². The van der Waals surface area contributed by atoms with E-state index in [2.05, 4.69) is 9.97 Å². The molecule has 0 radical (unpaired) electrons. The molecule has 0 amide bonds. The predicted molar refractivity (Wildman–Crippen MR) is 121 cm³/mol. The number of esters is 1. The fourth-order valence-corrected chi connectivity index (χ4v) is 4.00. The van der Waals surface area contributed by atoms with Crippen LogP contribution in [0.3, 0.4) is 0 Å². The van der Waals surface area contributed by atoms with E-state index in [-0.39, 0.29) is 33.9 Å². The molecule has 6 nitrogen and oxygen atoms in total. The molecule has 8 heteroatoms. The molecule has 1 atom stereocenters. The zero-order chi connectivity index (χ0) is 23.0. The summed E-state index contributed by atoms with van der Waals surface area (Å²) >= 11 is 6.04. The number of rotatable bonds is 5. The lowest BCUT2D eigenvalue weighted by Crippen LogP contribution is -2.11. The summed E-state index contributed by atoms with van der Waals surface area (Å²) in [6, 6.07) is 12.8. The van der Waals surface area contributed by atoms with E-state index < -0.39 is 11.8 Å². The standard InChI is InChI=1S/C24H21ClFN3O3/c1-13-12-29(14(2)15-8-6-5-7-9-15)23-18(13)20(24(30)32-4)27-22(28-23)16-10-11-17(25)21(31-3)19(16)26/h5-12,14H,1-4H3. The summed E-state index contributed by atoms with van der Waals surface area (Å²) in [6.45, 7) is 3.90. The maximum Gasteiger partial charge on any atom is 0.357 e. The van der Waals surface area contributed by atoms with Crippen LogP contribution in [0.15, 0.2) is 48.7 Å². The zero-order valence-electron chi connectivity index (χ0n) is 18.0. The Kier molecular flexibility index (Phi) is 5.84. The summed E-state index contributed by atoms with van der Waals surface area (Å²) in [7, 11) is 2.61. The van der Waals surface area contributed by atoms with E-state index in [4.69, 9.17) is 21.1 Å². The fraction of sp³-hybridized carbons (Fsp3) is 0.208. The summed E-state index contributed by atoms with van der Waals surface area (Å²) in [5.41, 5.74) is 2.50. The molecule has 0 saturated heterocycles. The van der Waals surface area contributed by atoms with Crippen LogP contribution in [-0.4, -0.2) is 34.7 Å². The first-order valence-electron chi connectivity index (χ1n) is 9.92. The summed E-state index contributed by atoms with van der Waals surface area (Å²) in [5.74, 6) is -1.42. The normalized spacial score (nSPS) is 12.1. The molecule has 2 heterocycles. The molecular formula is C24H21ClFN3O3. The van der Waals surface area contributed by atoms with Crippen molar-refractivity contribution in [3.63, 3.8) is 0 Å². The Labute approximate surface area is 189 Å². The summed E-state index contributed by atoms with van der Waals surface area (Å²) in [5, 5.41) is 0.685. The molecule has 164 valence electrons. The number of halogens is 2. The number of benzene rings is 2. The molecular weight excluding hydrogens is 433 g/mol. The predicted octanol–water partition coefficient (Wildman–Crippen LogP) is 5.60. The molecule has 0 fully saturated rings. The highest BCUT2D eigenvalue weighted by atomic mass is 35.5. The van der Waals surface area contributed by atoms with E-state index in [1.54, 1.807) is 0 Å². The first-order valence-corrected chi connectivity index (χ1v) is 10.3. The average Bonchev–Trinajstić information content (AvgIpc) is 3.14. The number of carbonyl (C=O) groups excluding carboxylic acids is 1. The first-order chi connectivity index (χ1) is 15.4. The molecule has 0 aliphatic carbocycles. The third-order valence-electron chi connectivity index (χ3n) is 5.43. The number of nitrogens with zero attached hydrogens (tertiary/aromatic N) is 3. The van der Waals surface area contributed by atoms with Crippen LogP contribution in [0, 0.1) is 12.7 Å². The van der Waals surface area contributed by atoms with Crippen molar-refractivity contribution in [1.82, 2.24) is 14.5 Å². The van der Waals surface area contributed by atoms with E-state index in [0.29, 0.717) is 11.0 Å². The van der Waals surface area contributed by atoms with Crippen LogP contribution in [0.4, 0.5) is 4.39 Å². The minimum absolute atomic E-state index is 0.0324. The van der Waals surface area contributed by atoms with Crippen LogP contribution in [0.1, 0.15) is 34.6 Å². The molecule has 1 unspecified atom stereocenters. The van der Waals surface area contributed by atoms with Crippen LogP contribution >= 0.6 is 11.6 Å². The Morgan fingerprint density at radius 1 is 1.12 bits per heavy atom. The first kappa shape index (κ1) is 21.8. The molecule has 0 aliphatic heterocycles. The number of hydrogen-bond acceptors (Lipinski definition) is 5. The summed E-state index contributed by atoms with van der Waals surface area (Å²) in [6.07, 6.45) is 1.91. The molecule has 0 spiro atoms. The quantitative estimate of drug-likeness (QED) is 0.368. The van der Waals surface area contributed by atoms with Gasteiger partial charge in [-0.15, -0.1) is 0 Å². The highest BCUT2D eigenvalue weighted by molar-refractivity contribution is 6.32. The molecule has 2 aromatic carbocycles. The van der Waals surface area contributed by atoms with Crippen LogP contribution < -0.4 is 4.74 Å². The fourth-order valence-electron chi connectivity index (χ4n) is 3.78. The minimum atomic E-state index is -0.707. The van der Waals surface area contributed by atoms with Crippen molar-refractivity contribution in [1.29, 1.82) is 0 Å². The van der Waals surface area contributed by atoms with Gasteiger partial charge in [-0.25, -0.2) is 19.2 Å². The number of aryl methyl sites for hydroxylation is 1. The van der Waals surface area contributed by atoms with Gasteiger partial charge in [0, 0.05) is 6.20 Å². The second-order valence-electron chi connectivity index (χ2n) is 7.33. The van der Waals surface area contributed by atoms with E-state index in [9.17, 15) is 4.79 Å². The molecule has 4 aromatic rings. The highest BCUT2D eigenvalue weighted by Gasteiger charge is 2.25. The highest BCUT2D eigenvalue weighted by Crippen LogP contribution is 2.36. The molecule has 0 bridgehead atoms. The molecule has 4 rings (SSSR count). The second kappa shape index (κ2) is 8.59. The van der Waals surface area contributed by atoms with Crippen molar-refractivity contribution in [2.45, 2.75) is 19.9 Å². The lowest BCUT2D eigenvalue weighted by molar-refractivity contribution is 0.0596. The summed E-state index contributed by atoms with van der Waals surface area (Å²) in [4.78, 5) is 21.7. The maximum atomic E-state index is 15.2. The van der Waals surface area contributed by atoms with E-state index in [0.717, 1.165) is 11.1 Å². The smallest absolute Gasteiger partial charge is 0.357 e. The van der Waals surface area contributed by atoms with Crippen molar-refractivity contribution in [2.75, 3.05) is 14.2 Å². The average molecular weight is 454 g/mol. The lowest BCUT2D eigenvalue weighted by Gasteiger charge is -2.16. The van der Waals surface area contributed by atoms with Gasteiger partial charge >= 0.3 is 5.97 Å². The number of methoxy groups -OCH3 is 2. The van der Waals surface area contributed by atoms with Gasteiger partial charge in [-0.1, -0.05) is 41.9 Å². The Bertz CT molecular complexity index is 1320. The lowest BCUT2D eigenvalue weighted by atomic mass is 10.1. The van der Waals surface area contributed by atoms with Crippen LogP contribution in [0.2, 0.25) is 5.02 Å². The largest absolute Gasteiger partial charge is 0.492 e. The number of hydrogen-bond donors (Lipinski definition) is 0. The Morgan fingerprint density at radius 3 is 2.50 bits per heavy atom. The van der Waals surface area contributed by atoms with E-state index in [1.807, 2.05) is 54.9 Å². The monoisotopic (exact) mass is 453 g/mol. The zero-order valence-corrected chi connectivity index (χ0v) is 18.8. The van der Waals surface area contributed by atoms with Crippen molar-refractivity contribution < 1.29 is 18.7 Å². The third kappa shape index (κ3) is 3.58. The minimum Gasteiger partial charge on any atom is -0.492 e. The molecule has 32 heavy (non-hydrogen) atoms. The van der Waals surface area contributed by atoms with E-state index >= 15 is 4.39 Å². The summed E-state index contributed by atoms with van der Waals surface area (Å²) < 4.78 is 27.1. The maximum absolute atomic E-state index is 15.2. The van der Waals surface area contributed by atoms with Gasteiger partial charge in [-0.3, -0.25) is 0 Å². The van der Waals surface area contributed by atoms with Gasteiger partial charge < -0.3 is 14.0 Å². The number of fused-ring (bicyclic) bond motifs is 1.